The summed E-state index contributed by atoms with van der Waals surface area (Å²) in [5.74, 6) is 0.854. The normalized spacial score (nSPS) is 11.2. The number of nitrogens with zero attached hydrogens (tertiary/aromatic N) is 3. The molecule has 4 rings (SSSR count). The van der Waals surface area contributed by atoms with Crippen molar-refractivity contribution in [3.05, 3.63) is 65.9 Å². The molecule has 0 aliphatic heterocycles. The van der Waals surface area contributed by atoms with Gasteiger partial charge in [0.2, 0.25) is 0 Å². The average molecular weight is 288 g/mol. The van der Waals surface area contributed by atoms with Crippen molar-refractivity contribution in [1.29, 1.82) is 0 Å². The Morgan fingerprint density at radius 2 is 1.73 bits per heavy atom. The van der Waals surface area contributed by atoms with Gasteiger partial charge in [0, 0.05) is 17.1 Å². The van der Waals surface area contributed by atoms with Crippen molar-refractivity contribution in [3.8, 4) is 0 Å². The Balaban J connectivity index is 1.92. The third-order valence-electron chi connectivity index (χ3n) is 3.74. The highest BCUT2D eigenvalue weighted by Gasteiger charge is 2.09. The fraction of sp³-hybridized carbons (Fsp3) is 0.111. The molecule has 0 amide bonds. The first-order valence-electron chi connectivity index (χ1n) is 7.29. The molecule has 2 aromatic carbocycles. The smallest absolute Gasteiger partial charge is 0.158 e. The van der Waals surface area contributed by atoms with Crippen molar-refractivity contribution in [2.45, 2.75) is 13.8 Å². The predicted molar refractivity (Wildman–Crippen MR) is 89.7 cm³/mol. The number of hydrogen-bond acceptors (Lipinski definition) is 3. The molecular formula is C18H16N4. The van der Waals surface area contributed by atoms with Crippen LogP contribution >= 0.6 is 0 Å². The Morgan fingerprint density at radius 1 is 0.955 bits per heavy atom. The summed E-state index contributed by atoms with van der Waals surface area (Å²) in [6.45, 7) is 4.06. The standard InChI is InChI=1S/C18H16N4/c1-12-7-9-14(10-8-12)19-18-15-5-3-4-6-16(15)22-17(20-18)11-13(2)21-22/h3-11H,1-2H3,(H,19,20). The van der Waals surface area contributed by atoms with E-state index >= 15 is 0 Å². The Morgan fingerprint density at radius 3 is 2.55 bits per heavy atom. The minimum absolute atomic E-state index is 0.853. The minimum atomic E-state index is 0.853. The highest BCUT2D eigenvalue weighted by molar-refractivity contribution is 5.92. The van der Waals surface area contributed by atoms with Gasteiger partial charge in [-0.25, -0.2) is 9.50 Å². The summed E-state index contributed by atoms with van der Waals surface area (Å²) in [6.07, 6.45) is 0. The van der Waals surface area contributed by atoms with Gasteiger partial charge < -0.3 is 5.32 Å². The second-order valence-electron chi connectivity index (χ2n) is 5.52. The van der Waals surface area contributed by atoms with Crippen molar-refractivity contribution >= 4 is 28.1 Å². The summed E-state index contributed by atoms with van der Waals surface area (Å²) < 4.78 is 1.89. The van der Waals surface area contributed by atoms with Gasteiger partial charge in [-0.15, -0.1) is 0 Å². The zero-order valence-corrected chi connectivity index (χ0v) is 12.5. The number of benzene rings is 2. The van der Waals surface area contributed by atoms with E-state index in [2.05, 4.69) is 53.7 Å². The van der Waals surface area contributed by atoms with Crippen LogP contribution in [0.1, 0.15) is 11.3 Å². The van der Waals surface area contributed by atoms with E-state index in [-0.39, 0.29) is 0 Å². The van der Waals surface area contributed by atoms with Crippen LogP contribution in [0.25, 0.3) is 16.6 Å². The van der Waals surface area contributed by atoms with Gasteiger partial charge in [-0.2, -0.15) is 5.10 Å². The summed E-state index contributed by atoms with van der Waals surface area (Å²) in [5.41, 5.74) is 5.14. The molecule has 0 fully saturated rings. The number of aryl methyl sites for hydroxylation is 2. The van der Waals surface area contributed by atoms with Gasteiger partial charge in [0.15, 0.2) is 5.65 Å². The lowest BCUT2D eigenvalue weighted by molar-refractivity contribution is 0.957. The molecule has 4 heteroatoms. The van der Waals surface area contributed by atoms with Gasteiger partial charge >= 0.3 is 0 Å². The van der Waals surface area contributed by atoms with E-state index in [9.17, 15) is 0 Å². The Hall–Kier alpha value is -2.88. The van der Waals surface area contributed by atoms with E-state index in [1.807, 2.05) is 29.6 Å². The van der Waals surface area contributed by atoms with E-state index in [1.165, 1.54) is 5.56 Å². The Kier molecular flexibility index (Phi) is 2.82. The molecule has 0 spiro atoms. The second kappa shape index (κ2) is 4.84. The highest BCUT2D eigenvalue weighted by atomic mass is 15.3. The number of para-hydroxylation sites is 1. The van der Waals surface area contributed by atoms with Gasteiger partial charge in [0.05, 0.1) is 11.2 Å². The first-order valence-corrected chi connectivity index (χ1v) is 7.29. The average Bonchev–Trinajstić information content (AvgIpc) is 2.90. The molecule has 4 aromatic rings. The summed E-state index contributed by atoms with van der Waals surface area (Å²) in [6, 6.07) is 18.5. The molecule has 0 saturated heterocycles. The number of rotatable bonds is 2. The number of hydrogen-bond donors (Lipinski definition) is 1. The molecule has 0 atom stereocenters. The third kappa shape index (κ3) is 2.09. The third-order valence-corrected chi connectivity index (χ3v) is 3.74. The van der Waals surface area contributed by atoms with Gasteiger partial charge in [-0.05, 0) is 38.1 Å². The predicted octanol–water partition coefficient (Wildman–Crippen LogP) is 4.24. The fourth-order valence-electron chi connectivity index (χ4n) is 2.64. The van der Waals surface area contributed by atoms with Crippen LogP contribution in [0.3, 0.4) is 0 Å². The van der Waals surface area contributed by atoms with Gasteiger partial charge in [-0.1, -0.05) is 29.8 Å². The highest BCUT2D eigenvalue weighted by Crippen LogP contribution is 2.26. The van der Waals surface area contributed by atoms with Crippen LogP contribution in [-0.4, -0.2) is 14.6 Å². The second-order valence-corrected chi connectivity index (χ2v) is 5.52. The molecule has 0 bridgehead atoms. The lowest BCUT2D eigenvalue weighted by atomic mass is 10.2. The van der Waals surface area contributed by atoms with Crippen LogP contribution in [-0.2, 0) is 0 Å². The molecule has 0 radical (unpaired) electrons. The molecule has 1 N–H and O–H groups in total. The Bertz CT molecular complexity index is 968. The van der Waals surface area contributed by atoms with Crippen molar-refractivity contribution in [2.75, 3.05) is 5.32 Å². The van der Waals surface area contributed by atoms with Gasteiger partial charge in [-0.3, -0.25) is 0 Å². The topological polar surface area (TPSA) is 42.2 Å². The monoisotopic (exact) mass is 288 g/mol. The quantitative estimate of drug-likeness (QED) is 0.600. The van der Waals surface area contributed by atoms with E-state index in [0.29, 0.717) is 0 Å². The summed E-state index contributed by atoms with van der Waals surface area (Å²) in [7, 11) is 0. The first kappa shape index (κ1) is 12.8. The van der Waals surface area contributed by atoms with Crippen LogP contribution in [0.5, 0.6) is 0 Å². The van der Waals surface area contributed by atoms with Crippen LogP contribution < -0.4 is 5.32 Å². The molecule has 0 saturated carbocycles. The minimum Gasteiger partial charge on any atom is -0.340 e. The van der Waals surface area contributed by atoms with Crippen LogP contribution in [0.4, 0.5) is 11.5 Å². The summed E-state index contributed by atoms with van der Waals surface area (Å²) >= 11 is 0. The molecule has 22 heavy (non-hydrogen) atoms. The molecule has 0 unspecified atom stereocenters. The Labute approximate surface area is 128 Å². The van der Waals surface area contributed by atoms with Crippen molar-refractivity contribution in [1.82, 2.24) is 14.6 Å². The molecule has 2 aromatic heterocycles. The maximum atomic E-state index is 4.73. The van der Waals surface area contributed by atoms with Crippen molar-refractivity contribution in [2.24, 2.45) is 0 Å². The molecule has 0 aliphatic carbocycles. The van der Waals surface area contributed by atoms with E-state index < -0.39 is 0 Å². The zero-order valence-electron chi connectivity index (χ0n) is 12.5. The SMILES string of the molecule is Cc1ccc(Nc2nc3cc(C)nn3c3ccccc23)cc1. The van der Waals surface area contributed by atoms with Crippen LogP contribution in [0, 0.1) is 13.8 Å². The largest absolute Gasteiger partial charge is 0.340 e. The maximum absolute atomic E-state index is 4.73. The molecule has 4 nitrogen and oxygen atoms in total. The molecule has 108 valence electrons. The van der Waals surface area contributed by atoms with E-state index in [1.54, 1.807) is 0 Å². The summed E-state index contributed by atoms with van der Waals surface area (Å²) in [4.78, 5) is 4.73. The number of fused-ring (bicyclic) bond motifs is 3. The maximum Gasteiger partial charge on any atom is 0.158 e. The molecule has 2 heterocycles. The lowest BCUT2D eigenvalue weighted by Gasteiger charge is -2.10. The van der Waals surface area contributed by atoms with Crippen LogP contribution in [0.2, 0.25) is 0 Å². The number of nitrogens with one attached hydrogen (secondary N) is 1. The molecular weight excluding hydrogens is 272 g/mol. The van der Waals surface area contributed by atoms with E-state index in [0.717, 1.165) is 33.7 Å². The number of aromatic nitrogens is 3. The van der Waals surface area contributed by atoms with Gasteiger partial charge in [0.25, 0.3) is 0 Å². The van der Waals surface area contributed by atoms with Gasteiger partial charge in [0.1, 0.15) is 5.82 Å². The summed E-state index contributed by atoms with van der Waals surface area (Å²) in [5, 5.41) is 9.01. The van der Waals surface area contributed by atoms with Crippen molar-refractivity contribution in [3.63, 3.8) is 0 Å². The lowest BCUT2D eigenvalue weighted by Crippen LogP contribution is -2.00. The zero-order chi connectivity index (χ0) is 15.1. The number of anilines is 2. The van der Waals surface area contributed by atoms with Crippen LogP contribution in [0.15, 0.2) is 54.6 Å². The van der Waals surface area contributed by atoms with Crippen molar-refractivity contribution < 1.29 is 0 Å². The van der Waals surface area contributed by atoms with E-state index in [4.69, 9.17) is 4.98 Å². The fourth-order valence-corrected chi connectivity index (χ4v) is 2.64. The molecule has 0 aliphatic rings. The first-order chi connectivity index (χ1) is 10.7.